The van der Waals surface area contributed by atoms with Gasteiger partial charge in [-0.05, 0) is 36.8 Å². The molecule has 136 valence electrons. The monoisotopic (exact) mass is 367 g/mol. The highest BCUT2D eigenvalue weighted by Crippen LogP contribution is 2.25. The molecule has 0 bridgehead atoms. The van der Waals surface area contributed by atoms with Gasteiger partial charge >= 0.3 is 0 Å². The number of halogens is 2. The van der Waals surface area contributed by atoms with Gasteiger partial charge in [0.2, 0.25) is 0 Å². The Morgan fingerprint density at radius 3 is 2.74 bits per heavy atom. The molecular formula is C19H15F2N5O. The second-order valence-corrected chi connectivity index (χ2v) is 5.90. The second kappa shape index (κ2) is 7.74. The minimum atomic E-state index is -1.89. The molecule has 0 saturated heterocycles. The molecule has 0 saturated carbocycles. The van der Waals surface area contributed by atoms with Crippen molar-refractivity contribution in [2.75, 3.05) is 5.32 Å². The predicted octanol–water partition coefficient (Wildman–Crippen LogP) is 3.31. The third kappa shape index (κ3) is 3.98. The molecule has 1 unspecified atom stereocenters. The van der Waals surface area contributed by atoms with E-state index < -0.39 is 17.9 Å². The maximum atomic E-state index is 14.3. The maximum absolute atomic E-state index is 14.3. The van der Waals surface area contributed by atoms with E-state index in [1.165, 1.54) is 12.1 Å². The fourth-order valence-corrected chi connectivity index (χ4v) is 2.59. The van der Waals surface area contributed by atoms with E-state index in [9.17, 15) is 13.6 Å². The van der Waals surface area contributed by atoms with Crippen LogP contribution in [-0.4, -0.2) is 27.3 Å². The smallest absolute Gasteiger partial charge is 0.260 e. The Morgan fingerprint density at radius 2 is 2.07 bits per heavy atom. The number of nitriles is 1. The summed E-state index contributed by atoms with van der Waals surface area (Å²) in [6.07, 6.45) is 1.05. The lowest BCUT2D eigenvalue weighted by molar-refractivity contribution is -0.120. The van der Waals surface area contributed by atoms with Crippen LogP contribution in [-0.2, 0) is 11.2 Å². The van der Waals surface area contributed by atoms with E-state index in [0.717, 1.165) is 11.6 Å². The number of nitrogens with one attached hydrogen (secondary N) is 2. The minimum Gasteiger partial charge on any atom is -0.306 e. The molecule has 1 atom stereocenters. The lowest BCUT2D eigenvalue weighted by Gasteiger charge is -2.09. The molecule has 0 radical (unpaired) electrons. The molecule has 3 aromatic rings. The van der Waals surface area contributed by atoms with E-state index in [4.69, 9.17) is 5.26 Å². The first-order valence-electron chi connectivity index (χ1n) is 8.08. The highest BCUT2D eigenvalue weighted by atomic mass is 19.1. The number of nitrogens with zero attached hydrogens (tertiary/aromatic N) is 3. The van der Waals surface area contributed by atoms with Crippen LogP contribution in [0.2, 0.25) is 0 Å². The van der Waals surface area contributed by atoms with Crippen molar-refractivity contribution < 1.29 is 13.6 Å². The van der Waals surface area contributed by atoms with Crippen molar-refractivity contribution in [2.24, 2.45) is 0 Å². The molecule has 0 aliphatic heterocycles. The summed E-state index contributed by atoms with van der Waals surface area (Å²) in [5.74, 6) is -1.40. The van der Waals surface area contributed by atoms with Gasteiger partial charge in [0, 0.05) is 29.9 Å². The van der Waals surface area contributed by atoms with Crippen molar-refractivity contribution in [3.8, 4) is 17.3 Å². The lowest BCUT2D eigenvalue weighted by atomic mass is 10.1. The Kier molecular flexibility index (Phi) is 5.22. The van der Waals surface area contributed by atoms with E-state index in [0.29, 0.717) is 11.3 Å². The van der Waals surface area contributed by atoms with Crippen LogP contribution in [0.15, 0.2) is 42.7 Å². The summed E-state index contributed by atoms with van der Waals surface area (Å²) in [5.41, 5.74) is 2.34. The number of carbonyl (C=O) groups excluding carboxylic acids is 1. The highest BCUT2D eigenvalue weighted by molar-refractivity contribution is 5.94. The van der Waals surface area contributed by atoms with Crippen LogP contribution in [0.25, 0.3) is 11.3 Å². The van der Waals surface area contributed by atoms with E-state index >= 15 is 0 Å². The summed E-state index contributed by atoms with van der Waals surface area (Å²) in [7, 11) is 0. The quantitative estimate of drug-likeness (QED) is 0.723. The number of rotatable bonds is 5. The third-order valence-corrected chi connectivity index (χ3v) is 4.07. The predicted molar refractivity (Wildman–Crippen MR) is 94.9 cm³/mol. The highest BCUT2D eigenvalue weighted by Gasteiger charge is 2.21. The first-order chi connectivity index (χ1) is 13.0. The molecule has 2 aromatic heterocycles. The fourth-order valence-electron chi connectivity index (χ4n) is 2.59. The van der Waals surface area contributed by atoms with Crippen molar-refractivity contribution in [1.29, 1.82) is 5.26 Å². The normalized spacial score (nSPS) is 11.6. The average molecular weight is 367 g/mol. The van der Waals surface area contributed by atoms with Crippen LogP contribution in [0.3, 0.4) is 0 Å². The molecular weight excluding hydrogens is 352 g/mol. The van der Waals surface area contributed by atoms with Gasteiger partial charge in [-0.2, -0.15) is 10.4 Å². The molecule has 6 nitrogen and oxygen atoms in total. The number of carbonyl (C=O) groups is 1. The zero-order valence-electron chi connectivity index (χ0n) is 14.3. The minimum absolute atomic E-state index is 0.130. The average Bonchev–Trinajstić information content (AvgIpc) is 3.03. The summed E-state index contributed by atoms with van der Waals surface area (Å²) in [5, 5.41) is 18.0. The van der Waals surface area contributed by atoms with E-state index in [2.05, 4.69) is 20.5 Å². The number of anilines is 1. The first-order valence-corrected chi connectivity index (χ1v) is 8.08. The van der Waals surface area contributed by atoms with Crippen LogP contribution >= 0.6 is 0 Å². The molecule has 0 aliphatic rings. The van der Waals surface area contributed by atoms with Gasteiger partial charge in [-0.15, -0.1) is 0 Å². The number of aromatic nitrogens is 3. The fraction of sp³-hybridized carbons (Fsp3) is 0.158. The maximum Gasteiger partial charge on any atom is 0.260 e. The van der Waals surface area contributed by atoms with Gasteiger partial charge in [-0.1, -0.05) is 6.07 Å². The van der Waals surface area contributed by atoms with Crippen molar-refractivity contribution in [3.63, 3.8) is 0 Å². The van der Waals surface area contributed by atoms with Gasteiger partial charge < -0.3 is 5.32 Å². The van der Waals surface area contributed by atoms with Gasteiger partial charge in [0.1, 0.15) is 11.9 Å². The summed E-state index contributed by atoms with van der Waals surface area (Å²) >= 11 is 0. The topological polar surface area (TPSA) is 94.5 Å². The van der Waals surface area contributed by atoms with Crippen LogP contribution in [0.4, 0.5) is 14.6 Å². The number of hydrogen-bond donors (Lipinski definition) is 2. The molecule has 27 heavy (non-hydrogen) atoms. The molecule has 8 heteroatoms. The number of amides is 1. The molecule has 0 spiro atoms. The molecule has 2 N–H and O–H groups in total. The standard InChI is InChI=1S/C19H15F2N5O/c1-11-17(13-4-6-23-7-5-13)25-26-18(11)24-19(27)16(21)9-12-2-3-14(10-22)15(20)8-12/h2-8,16H,9H2,1H3,(H2,24,25,26,27). The summed E-state index contributed by atoms with van der Waals surface area (Å²) in [6.45, 7) is 1.75. The zero-order chi connectivity index (χ0) is 19.4. The number of alkyl halides is 1. The second-order valence-electron chi connectivity index (χ2n) is 5.90. The van der Waals surface area contributed by atoms with Crippen LogP contribution in [0.1, 0.15) is 16.7 Å². The third-order valence-electron chi connectivity index (χ3n) is 4.07. The van der Waals surface area contributed by atoms with Crippen LogP contribution < -0.4 is 5.32 Å². The van der Waals surface area contributed by atoms with Crippen molar-refractivity contribution in [2.45, 2.75) is 19.5 Å². The van der Waals surface area contributed by atoms with E-state index in [1.54, 1.807) is 37.5 Å². The number of H-pyrrole nitrogens is 1. The first kappa shape index (κ1) is 18.2. The number of aromatic amines is 1. The van der Waals surface area contributed by atoms with Crippen LogP contribution in [0, 0.1) is 24.1 Å². The van der Waals surface area contributed by atoms with Gasteiger partial charge in [-0.3, -0.25) is 14.9 Å². The molecule has 1 amide bonds. The van der Waals surface area contributed by atoms with Gasteiger partial charge in [0.15, 0.2) is 12.0 Å². The zero-order valence-corrected chi connectivity index (χ0v) is 14.3. The van der Waals surface area contributed by atoms with Gasteiger partial charge in [0.25, 0.3) is 5.91 Å². The Morgan fingerprint density at radius 1 is 1.33 bits per heavy atom. The van der Waals surface area contributed by atoms with Crippen molar-refractivity contribution in [1.82, 2.24) is 15.2 Å². The Labute approximate surface area is 153 Å². The molecule has 1 aromatic carbocycles. The number of hydrogen-bond acceptors (Lipinski definition) is 4. The van der Waals surface area contributed by atoms with Crippen LogP contribution in [0.5, 0.6) is 0 Å². The Balaban J connectivity index is 1.69. The largest absolute Gasteiger partial charge is 0.306 e. The Bertz CT molecular complexity index is 1010. The number of pyridine rings is 1. The summed E-state index contributed by atoms with van der Waals surface area (Å²) < 4.78 is 27.9. The van der Waals surface area contributed by atoms with Gasteiger partial charge in [0.05, 0.1) is 11.3 Å². The van der Waals surface area contributed by atoms with E-state index in [1.807, 2.05) is 0 Å². The van der Waals surface area contributed by atoms with Crippen molar-refractivity contribution in [3.05, 3.63) is 65.2 Å². The van der Waals surface area contributed by atoms with E-state index in [-0.39, 0.29) is 23.4 Å². The van der Waals surface area contributed by atoms with Crippen molar-refractivity contribution >= 4 is 11.7 Å². The molecule has 0 aliphatic carbocycles. The number of benzene rings is 1. The Hall–Kier alpha value is -3.60. The molecule has 3 rings (SSSR count). The van der Waals surface area contributed by atoms with Gasteiger partial charge in [-0.25, -0.2) is 8.78 Å². The SMILES string of the molecule is Cc1c(NC(=O)C(F)Cc2ccc(C#N)c(F)c2)n[nH]c1-c1ccncc1. The summed E-state index contributed by atoms with van der Waals surface area (Å²) in [6, 6.07) is 8.98. The lowest BCUT2D eigenvalue weighted by Crippen LogP contribution is -2.26. The molecule has 0 fully saturated rings. The summed E-state index contributed by atoms with van der Waals surface area (Å²) in [4.78, 5) is 16.1. The molecule has 2 heterocycles.